The molecule has 1 aromatic rings. The summed E-state index contributed by atoms with van der Waals surface area (Å²) < 4.78 is 1.57. The average molecular weight is 440 g/mol. The molecule has 0 saturated carbocycles. The van der Waals surface area contributed by atoms with Gasteiger partial charge in [-0.3, -0.25) is 4.79 Å². The lowest BCUT2D eigenvalue weighted by Gasteiger charge is -2.17. The Labute approximate surface area is 134 Å². The van der Waals surface area contributed by atoms with E-state index in [1.165, 1.54) is 0 Å². The maximum Gasteiger partial charge on any atom is 0.326 e. The summed E-state index contributed by atoms with van der Waals surface area (Å²) in [6.07, 6.45) is 0.405. The van der Waals surface area contributed by atoms with E-state index in [1.807, 2.05) is 19.9 Å². The van der Waals surface area contributed by atoms with Crippen LogP contribution in [0.1, 0.15) is 30.6 Å². The number of halogens is 2. The molecule has 0 bridgehead atoms. The van der Waals surface area contributed by atoms with Gasteiger partial charge in [-0.1, -0.05) is 13.8 Å². The van der Waals surface area contributed by atoms with Gasteiger partial charge >= 0.3 is 5.97 Å². The molecule has 0 radical (unpaired) electrons. The molecular formula is C13H15BrINO3. The van der Waals surface area contributed by atoms with Gasteiger partial charge in [-0.25, -0.2) is 4.79 Å². The molecule has 104 valence electrons. The number of aliphatic carboxylic acids is 1. The van der Waals surface area contributed by atoms with Crippen molar-refractivity contribution < 1.29 is 14.7 Å². The Morgan fingerprint density at radius 1 is 1.42 bits per heavy atom. The second kappa shape index (κ2) is 7.23. The van der Waals surface area contributed by atoms with Gasteiger partial charge in [0.2, 0.25) is 0 Å². The Balaban J connectivity index is 2.87. The Kier molecular flexibility index (Phi) is 6.25. The number of carbonyl (C=O) groups is 2. The number of amides is 1. The Hall–Kier alpha value is -0.630. The molecule has 1 aromatic carbocycles. The first-order valence-corrected chi connectivity index (χ1v) is 7.67. The smallest absolute Gasteiger partial charge is 0.326 e. The number of carboxylic acids is 1. The molecular weight excluding hydrogens is 425 g/mol. The number of rotatable bonds is 5. The second-order valence-electron chi connectivity index (χ2n) is 4.62. The lowest BCUT2D eigenvalue weighted by atomic mass is 10.0. The van der Waals surface area contributed by atoms with Gasteiger partial charge < -0.3 is 10.4 Å². The van der Waals surface area contributed by atoms with Crippen molar-refractivity contribution in [3.05, 3.63) is 31.8 Å². The van der Waals surface area contributed by atoms with Crippen molar-refractivity contribution in [3.8, 4) is 0 Å². The minimum Gasteiger partial charge on any atom is -0.480 e. The molecule has 19 heavy (non-hydrogen) atoms. The van der Waals surface area contributed by atoms with Crippen LogP contribution in [-0.2, 0) is 4.79 Å². The highest BCUT2D eigenvalue weighted by molar-refractivity contribution is 14.1. The van der Waals surface area contributed by atoms with Gasteiger partial charge in [-0.05, 0) is 69.1 Å². The van der Waals surface area contributed by atoms with Gasteiger partial charge in [0.1, 0.15) is 6.04 Å². The molecule has 0 heterocycles. The Bertz CT molecular complexity index is 491. The van der Waals surface area contributed by atoms with E-state index in [0.717, 1.165) is 3.57 Å². The first-order valence-electron chi connectivity index (χ1n) is 5.80. The van der Waals surface area contributed by atoms with Gasteiger partial charge in [0, 0.05) is 8.04 Å². The summed E-state index contributed by atoms with van der Waals surface area (Å²) in [6.45, 7) is 3.84. The van der Waals surface area contributed by atoms with Gasteiger partial charge in [0.05, 0.1) is 5.56 Å². The van der Waals surface area contributed by atoms with Gasteiger partial charge in [-0.2, -0.15) is 0 Å². The zero-order valence-electron chi connectivity index (χ0n) is 10.6. The lowest BCUT2D eigenvalue weighted by Crippen LogP contribution is -2.41. The fourth-order valence-corrected chi connectivity index (χ4v) is 2.52. The predicted molar refractivity (Wildman–Crippen MR) is 85.2 cm³/mol. The number of carbonyl (C=O) groups excluding carboxylic acids is 1. The Morgan fingerprint density at radius 2 is 2.05 bits per heavy atom. The molecule has 0 spiro atoms. The first kappa shape index (κ1) is 16.4. The third kappa shape index (κ3) is 5.10. The van der Waals surface area contributed by atoms with Crippen LogP contribution in [0, 0.1) is 9.49 Å². The van der Waals surface area contributed by atoms with E-state index in [-0.39, 0.29) is 11.8 Å². The highest BCUT2D eigenvalue weighted by Crippen LogP contribution is 2.20. The van der Waals surface area contributed by atoms with Crippen LogP contribution >= 0.6 is 38.5 Å². The first-order chi connectivity index (χ1) is 8.81. The summed E-state index contributed by atoms with van der Waals surface area (Å²) in [5, 5.41) is 11.7. The molecule has 0 saturated heterocycles. The van der Waals surface area contributed by atoms with Crippen molar-refractivity contribution in [3.63, 3.8) is 0 Å². The zero-order chi connectivity index (χ0) is 14.6. The van der Waals surface area contributed by atoms with Crippen molar-refractivity contribution in [2.75, 3.05) is 0 Å². The van der Waals surface area contributed by atoms with Gasteiger partial charge in [-0.15, -0.1) is 0 Å². The molecule has 0 aliphatic carbocycles. The summed E-state index contributed by atoms with van der Waals surface area (Å²) in [5.74, 6) is -1.19. The number of benzene rings is 1. The minimum atomic E-state index is -1.01. The van der Waals surface area contributed by atoms with Crippen LogP contribution in [0.5, 0.6) is 0 Å². The van der Waals surface area contributed by atoms with E-state index in [0.29, 0.717) is 16.5 Å². The van der Waals surface area contributed by atoms with Crippen LogP contribution in [0.25, 0.3) is 0 Å². The van der Waals surface area contributed by atoms with Crippen molar-refractivity contribution in [2.45, 2.75) is 26.3 Å². The van der Waals surface area contributed by atoms with Crippen LogP contribution in [0.4, 0.5) is 0 Å². The third-order valence-electron chi connectivity index (χ3n) is 2.48. The van der Waals surface area contributed by atoms with E-state index >= 15 is 0 Å². The maximum absolute atomic E-state index is 12.1. The number of carboxylic acid groups (broad SMARTS) is 1. The normalized spacial score (nSPS) is 12.3. The predicted octanol–water partition coefficient (Wildman–Crippen LogP) is 3.28. The van der Waals surface area contributed by atoms with Gasteiger partial charge in [0.15, 0.2) is 0 Å². The van der Waals surface area contributed by atoms with Crippen molar-refractivity contribution >= 4 is 50.4 Å². The second-order valence-corrected chi connectivity index (χ2v) is 6.72. The fourth-order valence-electron chi connectivity index (χ4n) is 1.60. The van der Waals surface area contributed by atoms with Crippen molar-refractivity contribution in [1.29, 1.82) is 0 Å². The molecule has 1 rings (SSSR count). The summed E-state index contributed by atoms with van der Waals surface area (Å²) in [6, 6.07) is 4.49. The molecule has 0 unspecified atom stereocenters. The van der Waals surface area contributed by atoms with Crippen LogP contribution < -0.4 is 5.32 Å². The molecule has 1 amide bonds. The zero-order valence-corrected chi connectivity index (χ0v) is 14.4. The number of hydrogen-bond acceptors (Lipinski definition) is 2. The standard InChI is InChI=1S/C13H15BrINO3/c1-7(2)5-11(13(18)19)16-12(17)9-6-8(15)3-4-10(9)14/h3-4,6-7,11H,5H2,1-2H3,(H,16,17)(H,18,19)/t11-/m1/s1. The van der Waals surface area contributed by atoms with Crippen LogP contribution in [-0.4, -0.2) is 23.0 Å². The molecule has 0 fully saturated rings. The van der Waals surface area contributed by atoms with Crippen LogP contribution in [0.15, 0.2) is 22.7 Å². The molecule has 0 aliphatic heterocycles. The summed E-state index contributed by atoms with van der Waals surface area (Å²) in [7, 11) is 0. The van der Waals surface area contributed by atoms with Crippen molar-refractivity contribution in [2.24, 2.45) is 5.92 Å². The highest BCUT2D eigenvalue weighted by Gasteiger charge is 2.22. The van der Waals surface area contributed by atoms with Crippen LogP contribution in [0.2, 0.25) is 0 Å². The number of hydrogen-bond donors (Lipinski definition) is 2. The van der Waals surface area contributed by atoms with Gasteiger partial charge in [0.25, 0.3) is 5.91 Å². The van der Waals surface area contributed by atoms with Crippen molar-refractivity contribution in [1.82, 2.24) is 5.32 Å². The molecule has 2 N–H and O–H groups in total. The SMILES string of the molecule is CC(C)C[C@@H](NC(=O)c1cc(I)ccc1Br)C(=O)O. The van der Waals surface area contributed by atoms with E-state index in [1.54, 1.807) is 12.1 Å². The molecule has 0 aliphatic rings. The molecule has 6 heteroatoms. The monoisotopic (exact) mass is 439 g/mol. The molecule has 1 atom stereocenters. The fraction of sp³-hybridized carbons (Fsp3) is 0.385. The van der Waals surface area contributed by atoms with E-state index in [2.05, 4.69) is 43.8 Å². The average Bonchev–Trinajstić information content (AvgIpc) is 2.30. The Morgan fingerprint density at radius 3 is 2.58 bits per heavy atom. The van der Waals surface area contributed by atoms with E-state index < -0.39 is 12.0 Å². The topological polar surface area (TPSA) is 66.4 Å². The lowest BCUT2D eigenvalue weighted by molar-refractivity contribution is -0.139. The summed E-state index contributed by atoms with van der Waals surface area (Å²) in [5.41, 5.74) is 0.446. The summed E-state index contributed by atoms with van der Waals surface area (Å²) in [4.78, 5) is 23.2. The van der Waals surface area contributed by atoms with Crippen LogP contribution in [0.3, 0.4) is 0 Å². The summed E-state index contributed by atoms with van der Waals surface area (Å²) >= 11 is 5.40. The molecule has 0 aromatic heterocycles. The van der Waals surface area contributed by atoms with E-state index in [4.69, 9.17) is 5.11 Å². The largest absolute Gasteiger partial charge is 0.480 e. The third-order valence-corrected chi connectivity index (χ3v) is 3.85. The highest BCUT2D eigenvalue weighted by atomic mass is 127. The maximum atomic E-state index is 12.1. The quantitative estimate of drug-likeness (QED) is 0.692. The number of nitrogens with one attached hydrogen (secondary N) is 1. The molecule has 4 nitrogen and oxygen atoms in total. The minimum absolute atomic E-state index is 0.195. The van der Waals surface area contributed by atoms with E-state index in [9.17, 15) is 9.59 Å².